The van der Waals surface area contributed by atoms with Crippen molar-refractivity contribution in [3.63, 3.8) is 0 Å². The molecule has 0 bridgehead atoms. The summed E-state index contributed by atoms with van der Waals surface area (Å²) in [6.45, 7) is 2.10. The fourth-order valence-corrected chi connectivity index (χ4v) is 2.38. The van der Waals surface area contributed by atoms with Crippen molar-refractivity contribution < 1.29 is 15.0 Å². The van der Waals surface area contributed by atoms with Gasteiger partial charge in [-0.3, -0.25) is 4.79 Å². The van der Waals surface area contributed by atoms with Gasteiger partial charge in [0.25, 0.3) is 0 Å². The summed E-state index contributed by atoms with van der Waals surface area (Å²) in [4.78, 5) is 11.7. The molecule has 0 aliphatic carbocycles. The van der Waals surface area contributed by atoms with Gasteiger partial charge in [-0.1, -0.05) is 50.1 Å². The predicted molar refractivity (Wildman–Crippen MR) is 71.6 cm³/mol. The zero-order valence-corrected chi connectivity index (χ0v) is 10.9. The molecule has 1 rings (SSSR count). The minimum Gasteiger partial charge on any atom is -0.481 e. The first-order chi connectivity index (χ1) is 8.67. The van der Waals surface area contributed by atoms with Crippen LogP contribution in [0.25, 0.3) is 0 Å². The molecule has 1 aromatic carbocycles. The van der Waals surface area contributed by atoms with Gasteiger partial charge >= 0.3 is 5.97 Å². The van der Waals surface area contributed by atoms with Crippen LogP contribution in [0.1, 0.15) is 44.6 Å². The molecular weight excluding hydrogens is 228 g/mol. The summed E-state index contributed by atoms with van der Waals surface area (Å²) in [5, 5.41) is 18.3. The molecule has 18 heavy (non-hydrogen) atoms. The fraction of sp³-hybridized carbons (Fsp3) is 0.533. The van der Waals surface area contributed by atoms with E-state index >= 15 is 0 Å². The van der Waals surface area contributed by atoms with Gasteiger partial charge in [0.1, 0.15) is 0 Å². The van der Waals surface area contributed by atoms with E-state index in [0.29, 0.717) is 12.8 Å². The summed E-state index contributed by atoms with van der Waals surface area (Å²) < 4.78 is 0. The van der Waals surface area contributed by atoms with E-state index in [0.717, 1.165) is 24.8 Å². The van der Waals surface area contributed by atoms with Crippen LogP contribution in [-0.4, -0.2) is 22.8 Å². The molecule has 0 aliphatic rings. The Labute approximate surface area is 108 Å². The zero-order chi connectivity index (χ0) is 13.4. The second-order valence-corrected chi connectivity index (χ2v) is 4.64. The highest BCUT2D eigenvalue weighted by Crippen LogP contribution is 2.34. The number of benzene rings is 1. The lowest BCUT2D eigenvalue weighted by atomic mass is 9.74. The van der Waals surface area contributed by atoms with E-state index < -0.39 is 11.4 Å². The Morgan fingerprint density at radius 1 is 1.17 bits per heavy atom. The minimum atomic E-state index is -0.781. The lowest BCUT2D eigenvalue weighted by Gasteiger charge is -2.28. The van der Waals surface area contributed by atoms with E-state index in [1.54, 1.807) is 0 Å². The zero-order valence-electron chi connectivity index (χ0n) is 10.9. The number of aliphatic carboxylic acids is 1. The highest BCUT2D eigenvalue weighted by molar-refractivity contribution is 5.81. The van der Waals surface area contributed by atoms with Crippen molar-refractivity contribution in [3.05, 3.63) is 35.9 Å². The summed E-state index contributed by atoms with van der Waals surface area (Å²) in [5.74, 6) is -0.750. The Morgan fingerprint density at radius 3 is 2.33 bits per heavy atom. The second kappa shape index (κ2) is 7.17. The van der Waals surface area contributed by atoms with Crippen LogP contribution >= 0.6 is 0 Å². The minimum absolute atomic E-state index is 0.178. The van der Waals surface area contributed by atoms with Crippen molar-refractivity contribution in [2.24, 2.45) is 0 Å². The molecule has 0 spiro atoms. The lowest BCUT2D eigenvalue weighted by Crippen LogP contribution is -2.35. The number of rotatable bonds is 8. The molecule has 3 nitrogen and oxygen atoms in total. The van der Waals surface area contributed by atoms with Gasteiger partial charge in [0, 0.05) is 6.61 Å². The molecule has 1 unspecified atom stereocenters. The third-order valence-electron chi connectivity index (χ3n) is 3.60. The van der Waals surface area contributed by atoms with E-state index in [1.165, 1.54) is 0 Å². The molecule has 0 heterocycles. The van der Waals surface area contributed by atoms with Crippen molar-refractivity contribution in [3.8, 4) is 0 Å². The third-order valence-corrected chi connectivity index (χ3v) is 3.60. The molecule has 1 atom stereocenters. The standard InChI is InChI=1S/C15H22O3/c1-2-15(14(17)18,11-7-4-8-12-16)13-9-5-3-6-10-13/h3,5-6,9-10,16H,2,4,7-8,11-12H2,1H3,(H,17,18). The van der Waals surface area contributed by atoms with Gasteiger partial charge in [-0.15, -0.1) is 0 Å². The Bertz CT molecular complexity index is 361. The molecule has 0 radical (unpaired) electrons. The largest absolute Gasteiger partial charge is 0.481 e. The van der Waals surface area contributed by atoms with E-state index in [4.69, 9.17) is 5.11 Å². The van der Waals surface area contributed by atoms with Gasteiger partial charge in [-0.2, -0.15) is 0 Å². The molecule has 3 heteroatoms. The fourth-order valence-electron chi connectivity index (χ4n) is 2.38. The van der Waals surface area contributed by atoms with Crippen LogP contribution in [0, 0.1) is 0 Å². The van der Waals surface area contributed by atoms with E-state index in [-0.39, 0.29) is 6.61 Å². The number of unbranched alkanes of at least 4 members (excludes halogenated alkanes) is 2. The van der Waals surface area contributed by atoms with Crippen molar-refractivity contribution in [2.75, 3.05) is 6.61 Å². The highest BCUT2D eigenvalue weighted by Gasteiger charge is 2.37. The van der Waals surface area contributed by atoms with E-state index in [9.17, 15) is 9.90 Å². The number of hydrogen-bond donors (Lipinski definition) is 2. The number of aliphatic hydroxyl groups excluding tert-OH is 1. The average molecular weight is 250 g/mol. The van der Waals surface area contributed by atoms with E-state index in [2.05, 4.69) is 0 Å². The lowest BCUT2D eigenvalue weighted by molar-refractivity contribution is -0.144. The maximum Gasteiger partial charge on any atom is 0.314 e. The summed E-state index contributed by atoms with van der Waals surface area (Å²) in [6, 6.07) is 9.46. The smallest absolute Gasteiger partial charge is 0.314 e. The number of carboxylic acid groups (broad SMARTS) is 1. The molecule has 0 aliphatic heterocycles. The Hall–Kier alpha value is -1.35. The third kappa shape index (κ3) is 3.33. The molecule has 2 N–H and O–H groups in total. The first-order valence-electron chi connectivity index (χ1n) is 6.57. The quantitative estimate of drug-likeness (QED) is 0.697. The van der Waals surface area contributed by atoms with Gasteiger partial charge < -0.3 is 10.2 Å². The maximum atomic E-state index is 11.7. The van der Waals surface area contributed by atoms with E-state index in [1.807, 2.05) is 37.3 Å². The SMILES string of the molecule is CCC(CCCCCO)(C(=O)O)c1ccccc1. The second-order valence-electron chi connectivity index (χ2n) is 4.64. The normalized spacial score (nSPS) is 14.1. The predicted octanol–water partition coefficient (Wildman–Crippen LogP) is 2.97. The van der Waals surface area contributed by atoms with Crippen LogP contribution in [0.2, 0.25) is 0 Å². The van der Waals surface area contributed by atoms with Crippen LogP contribution in [0.4, 0.5) is 0 Å². The molecule has 100 valence electrons. The van der Waals surface area contributed by atoms with Gasteiger partial charge in [-0.25, -0.2) is 0 Å². The number of carboxylic acids is 1. The first-order valence-corrected chi connectivity index (χ1v) is 6.57. The van der Waals surface area contributed by atoms with Crippen molar-refractivity contribution in [1.82, 2.24) is 0 Å². The first kappa shape index (κ1) is 14.7. The summed E-state index contributed by atoms with van der Waals surface area (Å²) in [7, 11) is 0. The average Bonchev–Trinajstić information content (AvgIpc) is 2.40. The summed E-state index contributed by atoms with van der Waals surface area (Å²) in [6.07, 6.45) is 3.66. The molecule has 0 fully saturated rings. The van der Waals surface area contributed by atoms with Gasteiger partial charge in [0.15, 0.2) is 0 Å². The number of aliphatic hydroxyl groups is 1. The molecule has 1 aromatic rings. The van der Waals surface area contributed by atoms with Gasteiger partial charge in [0.2, 0.25) is 0 Å². The van der Waals surface area contributed by atoms with Crippen LogP contribution in [-0.2, 0) is 10.2 Å². The summed E-state index contributed by atoms with van der Waals surface area (Å²) in [5.41, 5.74) is 0.0977. The molecular formula is C15H22O3. The highest BCUT2D eigenvalue weighted by atomic mass is 16.4. The van der Waals surface area contributed by atoms with Gasteiger partial charge in [-0.05, 0) is 24.8 Å². The Balaban J connectivity index is 2.85. The molecule has 0 saturated carbocycles. The van der Waals surface area contributed by atoms with Crippen LogP contribution in [0.5, 0.6) is 0 Å². The van der Waals surface area contributed by atoms with Crippen LogP contribution in [0.3, 0.4) is 0 Å². The molecule has 0 aromatic heterocycles. The van der Waals surface area contributed by atoms with Crippen LogP contribution in [0.15, 0.2) is 30.3 Å². The van der Waals surface area contributed by atoms with Crippen LogP contribution < -0.4 is 0 Å². The number of hydrogen-bond acceptors (Lipinski definition) is 2. The maximum absolute atomic E-state index is 11.7. The summed E-state index contributed by atoms with van der Waals surface area (Å²) >= 11 is 0. The topological polar surface area (TPSA) is 57.5 Å². The number of carbonyl (C=O) groups is 1. The molecule has 0 saturated heterocycles. The monoisotopic (exact) mass is 250 g/mol. The Kier molecular flexibility index (Phi) is 5.86. The van der Waals surface area contributed by atoms with Gasteiger partial charge in [0.05, 0.1) is 5.41 Å². The van der Waals surface area contributed by atoms with Crippen molar-refractivity contribution in [1.29, 1.82) is 0 Å². The van der Waals surface area contributed by atoms with Crippen molar-refractivity contribution in [2.45, 2.75) is 44.4 Å². The molecule has 0 amide bonds. The van der Waals surface area contributed by atoms with Crippen molar-refractivity contribution >= 4 is 5.97 Å². The Morgan fingerprint density at radius 2 is 1.83 bits per heavy atom.